The standard InChI is InChI=1S/C19H22N4O4S2/c1-9-16(28-19(20-9)21-11(3)24)14-7-13-8-23(10(2)12-5-6-12)18(25)15(13)17(22-14)29(4,26)27/h7,10,12H,5-6,8H2,1-4H3,(H,20,21,24). The van der Waals surface area contributed by atoms with Crippen LogP contribution in [0.5, 0.6) is 0 Å². The average molecular weight is 435 g/mol. The number of aromatic nitrogens is 2. The van der Waals surface area contributed by atoms with Crippen LogP contribution in [0.15, 0.2) is 11.1 Å². The molecule has 10 heteroatoms. The van der Waals surface area contributed by atoms with Gasteiger partial charge in [-0.15, -0.1) is 0 Å². The molecule has 0 aromatic carbocycles. The van der Waals surface area contributed by atoms with Gasteiger partial charge in [0.2, 0.25) is 5.91 Å². The van der Waals surface area contributed by atoms with Crippen molar-refractivity contribution < 1.29 is 18.0 Å². The molecule has 154 valence electrons. The first kappa shape index (κ1) is 20.0. The average Bonchev–Trinajstić information content (AvgIpc) is 3.33. The first-order chi connectivity index (χ1) is 13.6. The Labute approximate surface area is 173 Å². The lowest BCUT2D eigenvalue weighted by Gasteiger charge is -2.23. The molecule has 4 rings (SSSR count). The van der Waals surface area contributed by atoms with E-state index in [0.717, 1.165) is 19.1 Å². The van der Waals surface area contributed by atoms with Gasteiger partial charge in [-0.2, -0.15) is 0 Å². The second-order valence-corrected chi connectivity index (χ2v) is 10.7. The second kappa shape index (κ2) is 6.88. The van der Waals surface area contributed by atoms with Gasteiger partial charge in [0.1, 0.15) is 0 Å². The molecule has 1 N–H and O–H groups in total. The smallest absolute Gasteiger partial charge is 0.257 e. The maximum atomic E-state index is 13.0. The van der Waals surface area contributed by atoms with Crippen molar-refractivity contribution in [1.82, 2.24) is 14.9 Å². The fourth-order valence-electron chi connectivity index (χ4n) is 3.71. The topological polar surface area (TPSA) is 109 Å². The Morgan fingerprint density at radius 1 is 1.34 bits per heavy atom. The number of thiazole rings is 1. The highest BCUT2D eigenvalue weighted by Gasteiger charge is 2.41. The lowest BCUT2D eigenvalue weighted by Crippen LogP contribution is -2.35. The van der Waals surface area contributed by atoms with Crippen molar-refractivity contribution in [2.24, 2.45) is 5.92 Å². The minimum absolute atomic E-state index is 0.0715. The molecule has 29 heavy (non-hydrogen) atoms. The zero-order valence-electron chi connectivity index (χ0n) is 16.6. The summed E-state index contributed by atoms with van der Waals surface area (Å²) in [5.74, 6) is -0.0236. The Kier molecular flexibility index (Phi) is 4.73. The van der Waals surface area contributed by atoms with Crippen LogP contribution in [-0.4, -0.2) is 47.4 Å². The molecule has 0 spiro atoms. The number of sulfone groups is 1. The molecular formula is C19H22N4O4S2. The van der Waals surface area contributed by atoms with E-state index in [4.69, 9.17) is 0 Å². The molecule has 1 fully saturated rings. The Balaban J connectivity index is 1.82. The number of aryl methyl sites for hydroxylation is 1. The number of rotatable bonds is 5. The molecule has 1 aliphatic carbocycles. The van der Waals surface area contributed by atoms with Crippen molar-refractivity contribution in [3.05, 3.63) is 22.9 Å². The number of carbonyl (C=O) groups excluding carboxylic acids is 2. The summed E-state index contributed by atoms with van der Waals surface area (Å²) in [6.45, 7) is 5.56. The van der Waals surface area contributed by atoms with Crippen LogP contribution in [0.4, 0.5) is 5.13 Å². The van der Waals surface area contributed by atoms with Crippen LogP contribution in [0.25, 0.3) is 10.6 Å². The largest absolute Gasteiger partial charge is 0.331 e. The van der Waals surface area contributed by atoms with Gasteiger partial charge in [0.25, 0.3) is 5.91 Å². The molecule has 2 aliphatic rings. The SMILES string of the molecule is CC(=O)Nc1nc(C)c(-c2cc3c(c(S(C)(=O)=O)n2)C(=O)N(C(C)C2CC2)C3)s1. The lowest BCUT2D eigenvalue weighted by molar-refractivity contribution is -0.114. The maximum Gasteiger partial charge on any atom is 0.257 e. The predicted molar refractivity (Wildman–Crippen MR) is 110 cm³/mol. The van der Waals surface area contributed by atoms with Gasteiger partial charge in [0, 0.05) is 25.8 Å². The van der Waals surface area contributed by atoms with Crippen molar-refractivity contribution in [3.63, 3.8) is 0 Å². The zero-order chi connectivity index (χ0) is 21.1. The molecule has 1 saturated carbocycles. The fraction of sp³-hybridized carbons (Fsp3) is 0.474. The zero-order valence-corrected chi connectivity index (χ0v) is 18.3. The number of fused-ring (bicyclic) bond motifs is 1. The summed E-state index contributed by atoms with van der Waals surface area (Å²) in [6.07, 6.45) is 3.26. The van der Waals surface area contributed by atoms with E-state index in [1.807, 2.05) is 6.92 Å². The lowest BCUT2D eigenvalue weighted by atomic mass is 10.1. The van der Waals surface area contributed by atoms with Crippen molar-refractivity contribution in [2.45, 2.75) is 51.2 Å². The minimum Gasteiger partial charge on any atom is -0.331 e. The Morgan fingerprint density at radius 3 is 2.62 bits per heavy atom. The van der Waals surface area contributed by atoms with Gasteiger partial charge in [-0.1, -0.05) is 11.3 Å². The summed E-state index contributed by atoms with van der Waals surface area (Å²) in [5, 5.41) is 2.88. The van der Waals surface area contributed by atoms with Crippen LogP contribution in [0.1, 0.15) is 48.3 Å². The van der Waals surface area contributed by atoms with E-state index in [1.54, 1.807) is 17.9 Å². The Morgan fingerprint density at radius 2 is 2.03 bits per heavy atom. The molecule has 0 bridgehead atoms. The number of amides is 2. The van der Waals surface area contributed by atoms with E-state index in [-0.39, 0.29) is 28.4 Å². The summed E-state index contributed by atoms with van der Waals surface area (Å²) < 4.78 is 25.0. The molecule has 1 atom stereocenters. The number of anilines is 1. The first-order valence-corrected chi connectivity index (χ1v) is 12.1. The number of carbonyl (C=O) groups is 2. The van der Waals surface area contributed by atoms with Gasteiger partial charge >= 0.3 is 0 Å². The van der Waals surface area contributed by atoms with Crippen molar-refractivity contribution in [1.29, 1.82) is 0 Å². The molecule has 3 heterocycles. The normalized spacial score (nSPS) is 17.4. The van der Waals surface area contributed by atoms with Gasteiger partial charge in [-0.25, -0.2) is 18.4 Å². The van der Waals surface area contributed by atoms with E-state index >= 15 is 0 Å². The van der Waals surface area contributed by atoms with Crippen LogP contribution >= 0.6 is 11.3 Å². The minimum atomic E-state index is -3.71. The summed E-state index contributed by atoms with van der Waals surface area (Å²) in [7, 11) is -3.71. The van der Waals surface area contributed by atoms with Crippen LogP contribution in [0.2, 0.25) is 0 Å². The van der Waals surface area contributed by atoms with Crippen LogP contribution in [-0.2, 0) is 21.2 Å². The van der Waals surface area contributed by atoms with Crippen molar-refractivity contribution in [2.75, 3.05) is 11.6 Å². The highest BCUT2D eigenvalue weighted by Crippen LogP contribution is 2.41. The Bertz CT molecular complexity index is 1140. The molecule has 2 aromatic rings. The molecule has 2 aromatic heterocycles. The second-order valence-electron chi connectivity index (χ2n) is 7.74. The van der Waals surface area contributed by atoms with Crippen LogP contribution < -0.4 is 5.32 Å². The summed E-state index contributed by atoms with van der Waals surface area (Å²) in [5.41, 5.74) is 1.94. The molecule has 0 saturated heterocycles. The number of nitrogens with one attached hydrogen (secondary N) is 1. The molecule has 8 nitrogen and oxygen atoms in total. The molecule has 2 amide bonds. The molecule has 1 unspecified atom stereocenters. The number of hydrogen-bond acceptors (Lipinski definition) is 7. The van der Waals surface area contributed by atoms with E-state index in [9.17, 15) is 18.0 Å². The van der Waals surface area contributed by atoms with Crippen molar-refractivity contribution >= 4 is 38.1 Å². The summed E-state index contributed by atoms with van der Waals surface area (Å²) in [6, 6.07) is 1.85. The van der Waals surface area contributed by atoms with Crippen LogP contribution in [0, 0.1) is 12.8 Å². The van der Waals surface area contributed by atoms with Crippen molar-refractivity contribution in [3.8, 4) is 10.6 Å². The van der Waals surface area contributed by atoms with E-state index in [1.165, 1.54) is 18.3 Å². The highest BCUT2D eigenvalue weighted by atomic mass is 32.2. The van der Waals surface area contributed by atoms with Gasteiger partial charge in [-0.3, -0.25) is 9.59 Å². The van der Waals surface area contributed by atoms with E-state index in [2.05, 4.69) is 15.3 Å². The van der Waals surface area contributed by atoms with E-state index in [0.29, 0.717) is 39.4 Å². The van der Waals surface area contributed by atoms with Crippen LogP contribution in [0.3, 0.4) is 0 Å². The summed E-state index contributed by atoms with van der Waals surface area (Å²) in [4.78, 5) is 35.5. The molecule has 0 radical (unpaired) electrons. The predicted octanol–water partition coefficient (Wildman–Crippen LogP) is 2.63. The molecule has 1 aliphatic heterocycles. The van der Waals surface area contributed by atoms with Gasteiger partial charge in [0.05, 0.1) is 21.8 Å². The number of nitrogens with zero attached hydrogens (tertiary/aromatic N) is 3. The number of pyridine rings is 1. The third kappa shape index (κ3) is 3.66. The quantitative estimate of drug-likeness (QED) is 0.775. The fourth-order valence-corrected chi connectivity index (χ4v) is 5.54. The summed E-state index contributed by atoms with van der Waals surface area (Å²) >= 11 is 1.23. The first-order valence-electron chi connectivity index (χ1n) is 9.36. The van der Waals surface area contributed by atoms with E-state index < -0.39 is 9.84 Å². The molecular weight excluding hydrogens is 412 g/mol. The Hall–Kier alpha value is -2.33. The van der Waals surface area contributed by atoms with Gasteiger partial charge < -0.3 is 10.2 Å². The maximum absolute atomic E-state index is 13.0. The highest BCUT2D eigenvalue weighted by molar-refractivity contribution is 7.90. The van der Waals surface area contributed by atoms with Gasteiger partial charge in [-0.05, 0) is 44.2 Å². The number of hydrogen-bond donors (Lipinski definition) is 1. The monoisotopic (exact) mass is 434 g/mol. The third-order valence-electron chi connectivity index (χ3n) is 5.34. The van der Waals surface area contributed by atoms with Gasteiger partial charge in [0.15, 0.2) is 20.0 Å². The third-order valence-corrected chi connectivity index (χ3v) is 7.44.